The second-order valence-electron chi connectivity index (χ2n) is 6.55. The van der Waals surface area contributed by atoms with Gasteiger partial charge in [0.15, 0.2) is 11.6 Å². The summed E-state index contributed by atoms with van der Waals surface area (Å²) in [7, 11) is 3.78. The highest BCUT2D eigenvalue weighted by molar-refractivity contribution is 8.04. The summed E-state index contributed by atoms with van der Waals surface area (Å²) < 4.78 is 41.8. The lowest BCUT2D eigenvalue weighted by Crippen LogP contribution is -1.98. The van der Waals surface area contributed by atoms with Gasteiger partial charge >= 0.3 is 5.51 Å². The van der Waals surface area contributed by atoms with Gasteiger partial charge in [-0.3, -0.25) is 0 Å². The number of thioether (sulfide) groups is 2. The Hall–Kier alpha value is -1.68. The molecule has 152 valence electrons. The Labute approximate surface area is 170 Å². The van der Waals surface area contributed by atoms with Crippen LogP contribution < -0.4 is 0 Å². The van der Waals surface area contributed by atoms with Gasteiger partial charge in [-0.15, -0.1) is 11.8 Å². The molecule has 0 spiro atoms. The maximum Gasteiger partial charge on any atom is 0.446 e. The first-order valence-corrected chi connectivity index (χ1v) is 10.6. The van der Waals surface area contributed by atoms with E-state index in [1.807, 2.05) is 7.05 Å². The van der Waals surface area contributed by atoms with Gasteiger partial charge in [-0.05, 0) is 55.0 Å². The van der Waals surface area contributed by atoms with Crippen LogP contribution in [0.2, 0.25) is 0 Å². The van der Waals surface area contributed by atoms with E-state index in [4.69, 9.17) is 4.98 Å². The van der Waals surface area contributed by atoms with Crippen molar-refractivity contribution in [2.75, 3.05) is 5.75 Å². The summed E-state index contributed by atoms with van der Waals surface area (Å²) in [6.45, 7) is 7.04. The highest BCUT2D eigenvalue weighted by atomic mass is 32.2. The smallest absolute Gasteiger partial charge is 0.325 e. The number of imidazole rings is 2. The minimum Gasteiger partial charge on any atom is -0.325 e. The zero-order valence-corrected chi connectivity index (χ0v) is 17.8. The third kappa shape index (κ3) is 4.32. The molecule has 1 aliphatic rings. The highest BCUT2D eigenvalue weighted by Crippen LogP contribution is 2.44. The zero-order chi connectivity index (χ0) is 20.6. The average molecular weight is 430 g/mol. The van der Waals surface area contributed by atoms with Gasteiger partial charge in [-0.1, -0.05) is 6.92 Å². The second-order valence-corrected chi connectivity index (χ2v) is 9.12. The number of hydrogen-bond acceptors (Lipinski definition) is 5. The largest absolute Gasteiger partial charge is 0.446 e. The van der Waals surface area contributed by atoms with Crippen molar-refractivity contribution in [3.05, 3.63) is 16.4 Å². The maximum absolute atomic E-state index is 12.7. The van der Waals surface area contributed by atoms with Crippen LogP contribution in [0.1, 0.15) is 44.1 Å². The molecule has 0 bridgehead atoms. The van der Waals surface area contributed by atoms with Gasteiger partial charge in [-0.2, -0.15) is 13.2 Å². The molecule has 0 saturated heterocycles. The molecule has 0 aliphatic heterocycles. The third-order valence-corrected chi connectivity index (χ3v) is 6.07. The highest BCUT2D eigenvalue weighted by Gasteiger charge is 2.32. The van der Waals surface area contributed by atoms with E-state index in [1.165, 1.54) is 13.0 Å². The Morgan fingerprint density at radius 1 is 1.29 bits per heavy atom. The molecule has 1 aliphatic carbocycles. The molecule has 1 saturated carbocycles. The molecule has 28 heavy (non-hydrogen) atoms. The maximum atomic E-state index is 12.7. The van der Waals surface area contributed by atoms with Crippen molar-refractivity contribution >= 4 is 42.1 Å². The van der Waals surface area contributed by atoms with E-state index in [2.05, 4.69) is 28.2 Å². The molecule has 1 fully saturated rings. The van der Waals surface area contributed by atoms with Crippen molar-refractivity contribution < 1.29 is 13.2 Å². The van der Waals surface area contributed by atoms with E-state index in [-0.39, 0.29) is 16.7 Å². The standard InChI is InChI=1S/C18H22F3N5S2/c1-6-27-17-13(24-14(26(17)5)11-7-8-11)16-23-12(15(22-3)25(16)4)9-10(2)28-18(19,20)21/h9,11H,3,6-8H2,1-2,4-5H3/b10-9+. The summed E-state index contributed by atoms with van der Waals surface area (Å²) in [5, 5.41) is 1.00. The van der Waals surface area contributed by atoms with Gasteiger partial charge in [0.05, 0.1) is 0 Å². The summed E-state index contributed by atoms with van der Waals surface area (Å²) in [6.07, 6.45) is 3.65. The van der Waals surface area contributed by atoms with E-state index < -0.39 is 5.51 Å². The minimum absolute atomic E-state index is 0.0879. The Balaban J connectivity index is 2.09. The predicted octanol–water partition coefficient (Wildman–Crippen LogP) is 5.76. The minimum atomic E-state index is -4.34. The van der Waals surface area contributed by atoms with Crippen molar-refractivity contribution in [2.24, 2.45) is 19.1 Å². The molecule has 0 aromatic carbocycles. The first kappa shape index (κ1) is 21.0. The van der Waals surface area contributed by atoms with Crippen LogP contribution in [-0.2, 0) is 14.1 Å². The molecule has 2 aromatic heterocycles. The topological polar surface area (TPSA) is 48.0 Å². The lowest BCUT2D eigenvalue weighted by molar-refractivity contribution is -0.0321. The number of aromatic nitrogens is 4. The Kier molecular flexibility index (Phi) is 6.00. The fourth-order valence-electron chi connectivity index (χ4n) is 3.07. The molecule has 0 N–H and O–H groups in total. The van der Waals surface area contributed by atoms with Crippen LogP contribution in [0.5, 0.6) is 0 Å². The van der Waals surface area contributed by atoms with Crippen molar-refractivity contribution in [3.63, 3.8) is 0 Å². The number of halogens is 3. The summed E-state index contributed by atoms with van der Waals surface area (Å²) in [4.78, 5) is 13.5. The Morgan fingerprint density at radius 3 is 2.50 bits per heavy atom. The molecule has 0 unspecified atom stereocenters. The number of alkyl halides is 3. The van der Waals surface area contributed by atoms with Gasteiger partial charge in [0.1, 0.15) is 22.2 Å². The quantitative estimate of drug-likeness (QED) is 0.415. The van der Waals surface area contributed by atoms with E-state index in [9.17, 15) is 13.2 Å². The zero-order valence-electron chi connectivity index (χ0n) is 16.2. The van der Waals surface area contributed by atoms with Crippen molar-refractivity contribution in [3.8, 4) is 11.5 Å². The molecule has 2 heterocycles. The monoisotopic (exact) mass is 429 g/mol. The van der Waals surface area contributed by atoms with E-state index in [0.717, 1.165) is 35.1 Å². The van der Waals surface area contributed by atoms with Crippen molar-refractivity contribution in [2.45, 2.75) is 43.1 Å². The SMILES string of the molecule is C=Nc1c(/C=C(\C)SC(F)(F)F)nc(-c2nc(C3CC3)n(C)c2SCC)n1C. The number of aliphatic imine (C=N–C) groups is 1. The van der Waals surface area contributed by atoms with E-state index in [1.54, 1.807) is 23.4 Å². The Bertz CT molecular complexity index is 923. The molecule has 5 nitrogen and oxygen atoms in total. The molecule has 0 amide bonds. The summed E-state index contributed by atoms with van der Waals surface area (Å²) >= 11 is 1.51. The second kappa shape index (κ2) is 7.98. The molecular weight excluding hydrogens is 407 g/mol. The first-order chi connectivity index (χ1) is 13.2. The van der Waals surface area contributed by atoms with Crippen LogP contribution in [0, 0.1) is 0 Å². The number of hydrogen-bond donors (Lipinski definition) is 0. The first-order valence-electron chi connectivity index (χ1n) is 8.83. The van der Waals surface area contributed by atoms with Crippen LogP contribution in [0.15, 0.2) is 14.9 Å². The molecule has 0 atom stereocenters. The third-order valence-electron chi connectivity index (χ3n) is 4.37. The summed E-state index contributed by atoms with van der Waals surface area (Å²) in [6, 6.07) is 0. The molecule has 2 aromatic rings. The normalized spacial score (nSPS) is 15.3. The lowest BCUT2D eigenvalue weighted by atomic mass is 10.4. The van der Waals surface area contributed by atoms with Gasteiger partial charge < -0.3 is 9.13 Å². The van der Waals surface area contributed by atoms with Crippen LogP contribution in [0.3, 0.4) is 0 Å². The van der Waals surface area contributed by atoms with Crippen LogP contribution in [0.4, 0.5) is 19.0 Å². The van der Waals surface area contributed by atoms with Gasteiger partial charge in [0.2, 0.25) is 0 Å². The molecule has 10 heteroatoms. The average Bonchev–Trinajstić information content (AvgIpc) is 3.31. The van der Waals surface area contributed by atoms with Crippen molar-refractivity contribution in [1.29, 1.82) is 0 Å². The molecule has 3 rings (SSSR count). The van der Waals surface area contributed by atoms with E-state index >= 15 is 0 Å². The van der Waals surface area contributed by atoms with Crippen LogP contribution in [-0.4, -0.2) is 37.1 Å². The summed E-state index contributed by atoms with van der Waals surface area (Å²) in [5.41, 5.74) is -3.25. The van der Waals surface area contributed by atoms with Crippen molar-refractivity contribution in [1.82, 2.24) is 19.1 Å². The fourth-order valence-corrected chi connectivity index (χ4v) is 4.44. The fraction of sp³-hybridized carbons (Fsp3) is 0.500. The van der Waals surface area contributed by atoms with Gasteiger partial charge in [0, 0.05) is 20.0 Å². The Morgan fingerprint density at radius 2 is 1.96 bits per heavy atom. The van der Waals surface area contributed by atoms with Gasteiger partial charge in [0.25, 0.3) is 0 Å². The number of nitrogens with zero attached hydrogens (tertiary/aromatic N) is 5. The van der Waals surface area contributed by atoms with Crippen LogP contribution >= 0.6 is 23.5 Å². The van der Waals surface area contributed by atoms with Crippen LogP contribution in [0.25, 0.3) is 17.6 Å². The number of allylic oxidation sites excluding steroid dienone is 1. The predicted molar refractivity (Wildman–Crippen MR) is 110 cm³/mol. The lowest BCUT2D eigenvalue weighted by Gasteiger charge is -2.05. The number of rotatable bonds is 7. The van der Waals surface area contributed by atoms with E-state index in [0.29, 0.717) is 23.3 Å². The molecule has 0 radical (unpaired) electrons. The summed E-state index contributed by atoms with van der Waals surface area (Å²) in [5.74, 6) is 3.38. The molecular formula is C18H22F3N5S2. The van der Waals surface area contributed by atoms with Gasteiger partial charge in [-0.25, -0.2) is 15.0 Å².